The standard InChI is InChI=1S/C17H16N4O.C6H6/c1-11-9-16-18-15(19-17(22)13-7-8-13)10-14(21(16)20-11)12-5-3-2-4-6-12;1-2-4-6-5-3-1/h2-6,9-10,13H,7-8H2,1H3,(H,18,19,22);1-6H. The summed E-state index contributed by atoms with van der Waals surface area (Å²) in [6.07, 6.45) is 1.96. The first kappa shape index (κ1) is 17.9. The maximum atomic E-state index is 12.0. The van der Waals surface area contributed by atoms with Gasteiger partial charge in [-0.1, -0.05) is 66.7 Å². The number of benzene rings is 2. The highest BCUT2D eigenvalue weighted by Gasteiger charge is 2.30. The van der Waals surface area contributed by atoms with E-state index in [4.69, 9.17) is 0 Å². The van der Waals surface area contributed by atoms with Crippen LogP contribution in [0, 0.1) is 12.8 Å². The van der Waals surface area contributed by atoms with E-state index in [9.17, 15) is 4.79 Å². The molecular formula is C23H22N4O. The van der Waals surface area contributed by atoms with Gasteiger partial charge in [0.1, 0.15) is 5.82 Å². The van der Waals surface area contributed by atoms with Gasteiger partial charge in [0.25, 0.3) is 0 Å². The number of aryl methyl sites for hydroxylation is 1. The van der Waals surface area contributed by atoms with Gasteiger partial charge in [0.15, 0.2) is 5.65 Å². The van der Waals surface area contributed by atoms with Crippen molar-refractivity contribution in [1.82, 2.24) is 14.6 Å². The third-order valence-corrected chi connectivity index (χ3v) is 4.48. The van der Waals surface area contributed by atoms with Crippen LogP contribution in [0.1, 0.15) is 18.5 Å². The molecule has 0 atom stereocenters. The molecule has 1 aliphatic carbocycles. The highest BCUT2D eigenvalue weighted by atomic mass is 16.2. The van der Waals surface area contributed by atoms with Gasteiger partial charge in [-0.2, -0.15) is 5.10 Å². The minimum absolute atomic E-state index is 0.0621. The summed E-state index contributed by atoms with van der Waals surface area (Å²) in [6.45, 7) is 1.94. The first-order valence-electron chi connectivity index (χ1n) is 9.44. The van der Waals surface area contributed by atoms with E-state index in [-0.39, 0.29) is 11.8 Å². The number of anilines is 1. The maximum absolute atomic E-state index is 12.0. The van der Waals surface area contributed by atoms with Gasteiger partial charge in [-0.3, -0.25) is 4.79 Å². The van der Waals surface area contributed by atoms with E-state index in [1.54, 1.807) is 0 Å². The molecule has 4 aromatic rings. The Morgan fingerprint density at radius 1 is 0.964 bits per heavy atom. The van der Waals surface area contributed by atoms with Gasteiger partial charge in [0.05, 0.1) is 11.4 Å². The van der Waals surface area contributed by atoms with Crippen LogP contribution in [0.3, 0.4) is 0 Å². The van der Waals surface area contributed by atoms with Crippen LogP contribution in [0.15, 0.2) is 78.9 Å². The second-order valence-electron chi connectivity index (χ2n) is 6.87. The number of aromatic nitrogens is 3. The normalized spacial score (nSPS) is 12.9. The molecule has 1 N–H and O–H groups in total. The number of nitrogens with zero attached hydrogens (tertiary/aromatic N) is 3. The number of nitrogens with one attached hydrogen (secondary N) is 1. The van der Waals surface area contributed by atoms with Crippen LogP contribution in [-0.4, -0.2) is 20.5 Å². The monoisotopic (exact) mass is 370 g/mol. The molecule has 0 unspecified atom stereocenters. The summed E-state index contributed by atoms with van der Waals surface area (Å²) in [5.74, 6) is 0.806. The summed E-state index contributed by atoms with van der Waals surface area (Å²) in [7, 11) is 0. The van der Waals surface area contributed by atoms with Crippen molar-refractivity contribution in [3.05, 3.63) is 84.6 Å². The van der Waals surface area contributed by atoms with E-state index in [1.165, 1.54) is 0 Å². The molecule has 5 heteroatoms. The SMILES string of the molecule is Cc1cc2nc(NC(=O)C3CC3)cc(-c3ccccc3)n2n1.c1ccccc1. The van der Waals surface area contributed by atoms with Crippen molar-refractivity contribution in [2.75, 3.05) is 5.32 Å². The molecule has 2 aromatic heterocycles. The summed E-state index contributed by atoms with van der Waals surface area (Å²) in [6, 6.07) is 25.8. The van der Waals surface area contributed by atoms with Crippen molar-refractivity contribution in [2.24, 2.45) is 5.92 Å². The number of hydrogen-bond donors (Lipinski definition) is 1. The summed E-state index contributed by atoms with van der Waals surface area (Å²) in [5.41, 5.74) is 3.60. The fourth-order valence-electron chi connectivity index (χ4n) is 2.93. The molecule has 1 saturated carbocycles. The molecule has 0 bridgehead atoms. The summed E-state index contributed by atoms with van der Waals surface area (Å²) in [4.78, 5) is 16.5. The highest BCUT2D eigenvalue weighted by Crippen LogP contribution is 2.30. The fraction of sp³-hybridized carbons (Fsp3) is 0.174. The van der Waals surface area contributed by atoms with Crippen LogP contribution >= 0.6 is 0 Å². The number of carbonyl (C=O) groups excluding carboxylic acids is 1. The maximum Gasteiger partial charge on any atom is 0.228 e. The van der Waals surface area contributed by atoms with Gasteiger partial charge in [0, 0.05) is 23.6 Å². The van der Waals surface area contributed by atoms with Crippen molar-refractivity contribution >= 4 is 17.4 Å². The van der Waals surface area contributed by atoms with E-state index >= 15 is 0 Å². The average molecular weight is 370 g/mol. The fourth-order valence-corrected chi connectivity index (χ4v) is 2.93. The first-order valence-corrected chi connectivity index (χ1v) is 9.44. The molecule has 140 valence electrons. The third-order valence-electron chi connectivity index (χ3n) is 4.48. The Hall–Kier alpha value is -3.47. The van der Waals surface area contributed by atoms with Crippen molar-refractivity contribution in [3.63, 3.8) is 0 Å². The lowest BCUT2D eigenvalue weighted by Gasteiger charge is -2.09. The molecule has 2 aromatic carbocycles. The minimum atomic E-state index is 0.0621. The highest BCUT2D eigenvalue weighted by molar-refractivity contribution is 5.93. The Kier molecular flexibility index (Phi) is 5.15. The van der Waals surface area contributed by atoms with Crippen LogP contribution in [0.4, 0.5) is 5.82 Å². The van der Waals surface area contributed by atoms with Crippen LogP contribution in [-0.2, 0) is 4.79 Å². The lowest BCUT2D eigenvalue weighted by Crippen LogP contribution is -2.15. The molecule has 5 nitrogen and oxygen atoms in total. The van der Waals surface area contributed by atoms with Crippen LogP contribution in [0.25, 0.3) is 16.9 Å². The molecule has 0 radical (unpaired) electrons. The van der Waals surface area contributed by atoms with Crippen LogP contribution < -0.4 is 5.32 Å². The second-order valence-corrected chi connectivity index (χ2v) is 6.87. The third kappa shape index (κ3) is 4.26. The minimum Gasteiger partial charge on any atom is -0.310 e. The molecule has 1 amide bonds. The molecule has 5 rings (SSSR count). The Morgan fingerprint density at radius 2 is 1.57 bits per heavy atom. The predicted molar refractivity (Wildman–Crippen MR) is 111 cm³/mol. The van der Waals surface area contributed by atoms with Crippen LogP contribution in [0.2, 0.25) is 0 Å². The summed E-state index contributed by atoms with van der Waals surface area (Å²) in [5, 5.41) is 7.42. The van der Waals surface area contributed by atoms with Gasteiger partial charge in [-0.15, -0.1) is 0 Å². The topological polar surface area (TPSA) is 59.3 Å². The van der Waals surface area contributed by atoms with Crippen LogP contribution in [0.5, 0.6) is 0 Å². The van der Waals surface area contributed by atoms with E-state index in [1.807, 2.05) is 90.3 Å². The zero-order valence-corrected chi connectivity index (χ0v) is 15.7. The zero-order valence-electron chi connectivity index (χ0n) is 15.7. The van der Waals surface area contributed by atoms with Crippen molar-refractivity contribution in [2.45, 2.75) is 19.8 Å². The number of hydrogen-bond acceptors (Lipinski definition) is 3. The predicted octanol–water partition coefficient (Wildman–Crippen LogP) is 4.74. The molecule has 0 aliphatic heterocycles. The molecule has 28 heavy (non-hydrogen) atoms. The lowest BCUT2D eigenvalue weighted by atomic mass is 10.1. The van der Waals surface area contributed by atoms with Gasteiger partial charge >= 0.3 is 0 Å². The molecule has 1 fully saturated rings. The Bertz CT molecular complexity index is 1040. The Balaban J connectivity index is 0.000000275. The van der Waals surface area contributed by atoms with E-state index in [0.717, 1.165) is 35.4 Å². The second kappa shape index (κ2) is 8.05. The first-order chi connectivity index (χ1) is 13.7. The van der Waals surface area contributed by atoms with Crippen molar-refractivity contribution in [3.8, 4) is 11.3 Å². The van der Waals surface area contributed by atoms with Crippen molar-refractivity contribution < 1.29 is 4.79 Å². The quantitative estimate of drug-likeness (QED) is 0.567. The zero-order chi connectivity index (χ0) is 19.3. The van der Waals surface area contributed by atoms with Gasteiger partial charge < -0.3 is 5.32 Å². The number of rotatable bonds is 3. The number of fused-ring (bicyclic) bond motifs is 1. The largest absolute Gasteiger partial charge is 0.310 e. The molecule has 1 aliphatic rings. The smallest absolute Gasteiger partial charge is 0.228 e. The summed E-state index contributed by atoms with van der Waals surface area (Å²) >= 11 is 0. The molecule has 2 heterocycles. The Labute approximate surface area is 164 Å². The van der Waals surface area contributed by atoms with Gasteiger partial charge in [-0.25, -0.2) is 9.50 Å². The number of carbonyl (C=O) groups is 1. The van der Waals surface area contributed by atoms with Gasteiger partial charge in [0.2, 0.25) is 5.91 Å². The molecule has 0 spiro atoms. The van der Waals surface area contributed by atoms with Gasteiger partial charge in [-0.05, 0) is 19.8 Å². The van der Waals surface area contributed by atoms with E-state index in [0.29, 0.717) is 5.82 Å². The molecular weight excluding hydrogens is 348 g/mol. The molecule has 0 saturated heterocycles. The number of amides is 1. The van der Waals surface area contributed by atoms with E-state index in [2.05, 4.69) is 15.4 Å². The lowest BCUT2D eigenvalue weighted by molar-refractivity contribution is -0.117. The van der Waals surface area contributed by atoms with E-state index < -0.39 is 0 Å². The summed E-state index contributed by atoms with van der Waals surface area (Å²) < 4.78 is 1.82. The Morgan fingerprint density at radius 3 is 2.18 bits per heavy atom. The average Bonchev–Trinajstić information content (AvgIpc) is 3.52. The van der Waals surface area contributed by atoms with Crippen molar-refractivity contribution in [1.29, 1.82) is 0 Å².